The van der Waals surface area contributed by atoms with Crippen molar-refractivity contribution in [2.75, 3.05) is 0 Å². The number of aromatic nitrogens is 2. The number of rotatable bonds is 5. The van der Waals surface area contributed by atoms with Gasteiger partial charge in [-0.25, -0.2) is 4.79 Å². The molecule has 1 aromatic heterocycles. The quantitative estimate of drug-likeness (QED) is 0.637. The first kappa shape index (κ1) is 13.4. The number of carbonyl (C=O) groups is 1. The van der Waals surface area contributed by atoms with Crippen LogP contribution in [0.4, 0.5) is 0 Å². The highest BCUT2D eigenvalue weighted by Gasteiger charge is 2.14. The summed E-state index contributed by atoms with van der Waals surface area (Å²) in [6.07, 6.45) is 1.00. The Kier molecular flexibility index (Phi) is 3.71. The van der Waals surface area contributed by atoms with Crippen LogP contribution in [0.25, 0.3) is 11.0 Å². The van der Waals surface area contributed by atoms with Crippen LogP contribution < -0.4 is 17.2 Å². The van der Waals surface area contributed by atoms with Gasteiger partial charge >= 0.3 is 5.69 Å². The highest BCUT2D eigenvalue weighted by Crippen LogP contribution is 2.22. The van der Waals surface area contributed by atoms with Crippen LogP contribution in [-0.4, -0.2) is 15.9 Å². The number of nitrogens with one attached hydrogen (secondary N) is 2. The van der Waals surface area contributed by atoms with E-state index in [1.165, 1.54) is 0 Å². The van der Waals surface area contributed by atoms with Gasteiger partial charge in [-0.1, -0.05) is 13.0 Å². The summed E-state index contributed by atoms with van der Waals surface area (Å²) in [5.41, 5.74) is 13.5. The molecule has 2 rings (SSSR count). The summed E-state index contributed by atoms with van der Waals surface area (Å²) >= 11 is 0. The SMILES string of the molecule is CC(CC(N)=O)CC(N)c1ccc2[nH]c(=O)[nH]c2c1. The van der Waals surface area contributed by atoms with E-state index >= 15 is 0 Å². The van der Waals surface area contributed by atoms with Gasteiger partial charge in [-0.05, 0) is 30.0 Å². The molecule has 2 atom stereocenters. The number of amides is 1. The second kappa shape index (κ2) is 5.27. The summed E-state index contributed by atoms with van der Waals surface area (Å²) in [7, 11) is 0. The molecular formula is C13H18N4O2. The summed E-state index contributed by atoms with van der Waals surface area (Å²) in [4.78, 5) is 27.4. The molecule has 6 N–H and O–H groups in total. The van der Waals surface area contributed by atoms with E-state index in [1.54, 1.807) is 0 Å². The van der Waals surface area contributed by atoms with Crippen molar-refractivity contribution in [1.29, 1.82) is 0 Å². The van der Waals surface area contributed by atoms with Crippen LogP contribution in [0, 0.1) is 5.92 Å². The Morgan fingerprint density at radius 1 is 1.32 bits per heavy atom. The smallest absolute Gasteiger partial charge is 0.323 e. The topological polar surface area (TPSA) is 118 Å². The molecule has 1 heterocycles. The number of fused-ring (bicyclic) bond motifs is 1. The summed E-state index contributed by atoms with van der Waals surface area (Å²) in [5.74, 6) is -0.182. The van der Waals surface area contributed by atoms with Crippen molar-refractivity contribution in [3.63, 3.8) is 0 Å². The largest absolute Gasteiger partial charge is 0.370 e. The van der Waals surface area contributed by atoms with Crippen molar-refractivity contribution in [1.82, 2.24) is 9.97 Å². The van der Waals surface area contributed by atoms with Crippen LogP contribution in [0.15, 0.2) is 23.0 Å². The predicted molar refractivity (Wildman–Crippen MR) is 73.4 cm³/mol. The van der Waals surface area contributed by atoms with Crippen LogP contribution in [0.1, 0.15) is 31.4 Å². The van der Waals surface area contributed by atoms with Crippen molar-refractivity contribution in [3.05, 3.63) is 34.2 Å². The Bertz CT molecular complexity index is 643. The minimum Gasteiger partial charge on any atom is -0.370 e. The number of H-pyrrole nitrogens is 2. The lowest BCUT2D eigenvalue weighted by Crippen LogP contribution is -2.19. The summed E-state index contributed by atoms with van der Waals surface area (Å²) in [6, 6.07) is 5.38. The zero-order valence-electron chi connectivity index (χ0n) is 10.8. The minimum absolute atomic E-state index is 0.133. The van der Waals surface area contributed by atoms with Crippen LogP contribution in [0.2, 0.25) is 0 Å². The maximum Gasteiger partial charge on any atom is 0.323 e. The van der Waals surface area contributed by atoms with Gasteiger partial charge in [0.1, 0.15) is 0 Å². The Hall–Kier alpha value is -2.08. The van der Waals surface area contributed by atoms with E-state index in [0.717, 1.165) is 16.6 Å². The molecule has 19 heavy (non-hydrogen) atoms. The number of hydrogen-bond donors (Lipinski definition) is 4. The van der Waals surface area contributed by atoms with Crippen LogP contribution in [0.5, 0.6) is 0 Å². The molecule has 0 aliphatic rings. The van der Waals surface area contributed by atoms with Gasteiger partial charge < -0.3 is 21.4 Å². The van der Waals surface area contributed by atoms with Crippen molar-refractivity contribution in [2.45, 2.75) is 25.8 Å². The van der Waals surface area contributed by atoms with Gasteiger partial charge in [0.05, 0.1) is 11.0 Å². The predicted octanol–water partition coefficient (Wildman–Crippen LogP) is 0.758. The molecule has 0 fully saturated rings. The lowest BCUT2D eigenvalue weighted by molar-refractivity contribution is -0.118. The summed E-state index contributed by atoms with van der Waals surface area (Å²) < 4.78 is 0. The maximum absolute atomic E-state index is 11.2. The number of nitrogens with two attached hydrogens (primary N) is 2. The van der Waals surface area contributed by atoms with Gasteiger partial charge in [-0.2, -0.15) is 0 Å². The third-order valence-corrected chi connectivity index (χ3v) is 3.17. The molecule has 2 aromatic rings. The summed E-state index contributed by atoms with van der Waals surface area (Å²) in [5, 5.41) is 0. The first-order chi connectivity index (χ1) is 8.95. The van der Waals surface area contributed by atoms with E-state index in [-0.39, 0.29) is 23.6 Å². The molecule has 1 aromatic carbocycles. The van der Waals surface area contributed by atoms with E-state index in [2.05, 4.69) is 9.97 Å². The van der Waals surface area contributed by atoms with E-state index in [1.807, 2.05) is 25.1 Å². The Morgan fingerprint density at radius 2 is 2.00 bits per heavy atom. The molecule has 0 bridgehead atoms. The average Bonchev–Trinajstić information content (AvgIpc) is 2.66. The molecule has 2 unspecified atom stereocenters. The fourth-order valence-electron chi connectivity index (χ4n) is 2.28. The van der Waals surface area contributed by atoms with E-state index in [0.29, 0.717) is 12.8 Å². The molecule has 0 aliphatic carbocycles. The van der Waals surface area contributed by atoms with Gasteiger partial charge in [0.25, 0.3) is 0 Å². The third kappa shape index (κ3) is 3.23. The van der Waals surface area contributed by atoms with Gasteiger partial charge in [-0.15, -0.1) is 0 Å². The molecule has 102 valence electrons. The fourth-order valence-corrected chi connectivity index (χ4v) is 2.28. The second-order valence-corrected chi connectivity index (χ2v) is 5.00. The standard InChI is InChI=1S/C13H18N4O2/c1-7(5-12(15)18)4-9(14)8-2-3-10-11(6-8)17-13(19)16-10/h2-3,6-7,9H,4-5,14H2,1H3,(H2,15,18)(H2,16,17,19). The van der Waals surface area contributed by atoms with Crippen molar-refractivity contribution in [2.24, 2.45) is 17.4 Å². The van der Waals surface area contributed by atoms with Crippen LogP contribution in [0.3, 0.4) is 0 Å². The monoisotopic (exact) mass is 262 g/mol. The first-order valence-corrected chi connectivity index (χ1v) is 6.21. The number of benzene rings is 1. The van der Waals surface area contributed by atoms with Crippen LogP contribution >= 0.6 is 0 Å². The Labute approximate surface area is 110 Å². The van der Waals surface area contributed by atoms with E-state index in [9.17, 15) is 9.59 Å². The molecule has 0 saturated carbocycles. The Morgan fingerprint density at radius 3 is 2.68 bits per heavy atom. The molecular weight excluding hydrogens is 244 g/mol. The Balaban J connectivity index is 2.14. The molecule has 1 amide bonds. The van der Waals surface area contributed by atoms with Crippen molar-refractivity contribution >= 4 is 16.9 Å². The molecule has 0 spiro atoms. The second-order valence-electron chi connectivity index (χ2n) is 5.00. The van der Waals surface area contributed by atoms with Gasteiger partial charge in [0, 0.05) is 12.5 Å². The first-order valence-electron chi connectivity index (χ1n) is 6.21. The molecule has 0 saturated heterocycles. The third-order valence-electron chi connectivity index (χ3n) is 3.17. The number of hydrogen-bond acceptors (Lipinski definition) is 3. The van der Waals surface area contributed by atoms with Crippen molar-refractivity contribution in [3.8, 4) is 0 Å². The number of primary amides is 1. The average molecular weight is 262 g/mol. The lowest BCUT2D eigenvalue weighted by Gasteiger charge is -2.16. The maximum atomic E-state index is 11.2. The van der Waals surface area contributed by atoms with Crippen molar-refractivity contribution < 1.29 is 4.79 Å². The molecule has 6 nitrogen and oxygen atoms in total. The number of carbonyl (C=O) groups excluding carboxylic acids is 1. The van der Waals surface area contributed by atoms with Gasteiger partial charge in [-0.3, -0.25) is 4.79 Å². The van der Waals surface area contributed by atoms with E-state index < -0.39 is 0 Å². The van der Waals surface area contributed by atoms with Crippen LogP contribution in [-0.2, 0) is 4.79 Å². The minimum atomic E-state index is -0.315. The molecule has 0 radical (unpaired) electrons. The normalized spacial score (nSPS) is 14.4. The lowest BCUT2D eigenvalue weighted by atomic mass is 9.94. The highest BCUT2D eigenvalue weighted by atomic mass is 16.1. The fraction of sp³-hybridized carbons (Fsp3) is 0.385. The molecule has 6 heteroatoms. The van der Waals surface area contributed by atoms with Gasteiger partial charge in [0.2, 0.25) is 5.91 Å². The van der Waals surface area contributed by atoms with Gasteiger partial charge in [0.15, 0.2) is 0 Å². The zero-order valence-corrected chi connectivity index (χ0v) is 10.8. The zero-order chi connectivity index (χ0) is 14.0. The molecule has 0 aliphatic heterocycles. The number of imidazole rings is 1. The number of aromatic amines is 2. The highest BCUT2D eigenvalue weighted by molar-refractivity contribution is 5.75. The van der Waals surface area contributed by atoms with E-state index in [4.69, 9.17) is 11.5 Å². The summed E-state index contributed by atoms with van der Waals surface area (Å²) in [6.45, 7) is 1.95.